The summed E-state index contributed by atoms with van der Waals surface area (Å²) in [5, 5.41) is 13.0. The molecule has 1 aliphatic rings. The zero-order valence-electron chi connectivity index (χ0n) is 18.0. The summed E-state index contributed by atoms with van der Waals surface area (Å²) < 4.78 is 27.9. The maximum absolute atomic E-state index is 12.7. The molecule has 1 atom stereocenters. The van der Waals surface area contributed by atoms with Crippen LogP contribution in [0.25, 0.3) is 11.1 Å². The van der Waals surface area contributed by atoms with Crippen LogP contribution < -0.4 is 34.4 Å². The van der Waals surface area contributed by atoms with Crippen LogP contribution in [0.15, 0.2) is 23.0 Å². The summed E-state index contributed by atoms with van der Waals surface area (Å²) in [5.41, 5.74) is 1.04. The van der Waals surface area contributed by atoms with Crippen LogP contribution in [-0.4, -0.2) is 45.7 Å². The van der Waals surface area contributed by atoms with Crippen molar-refractivity contribution in [3.63, 3.8) is 0 Å². The highest BCUT2D eigenvalue weighted by atomic mass is 16.5. The third kappa shape index (κ3) is 4.16. The molecule has 166 valence electrons. The standard InChI is InChI=1S/C22H25NO8/c1-11(24)23-18-7-6-12-8-17(28-3)21(29-4)22(30-5)19(12)13-9-14(25)20(26)16(27-2)10-15(13)31-18/h8-10,18H,6-7H2,1-5H3,(H,23,24)(H,25,26). The number of nitrogens with one attached hydrogen (secondary N) is 1. The number of aryl methyl sites for hydroxylation is 1. The van der Waals surface area contributed by atoms with E-state index in [-0.39, 0.29) is 17.4 Å². The molecule has 9 nitrogen and oxygen atoms in total. The number of benzene rings is 1. The minimum Gasteiger partial charge on any atom is -0.502 e. The maximum atomic E-state index is 12.7. The molecule has 0 aromatic heterocycles. The molecule has 0 saturated carbocycles. The lowest BCUT2D eigenvalue weighted by atomic mass is 9.93. The van der Waals surface area contributed by atoms with Gasteiger partial charge in [-0.2, -0.15) is 0 Å². The SMILES string of the molecule is COc1cc2c(c(OC)c1OC)-c1cc(=O)c(O)c(OC)cc1OC(NC(C)=O)CC2. The highest BCUT2D eigenvalue weighted by Crippen LogP contribution is 2.50. The second-order valence-corrected chi connectivity index (χ2v) is 6.87. The summed E-state index contributed by atoms with van der Waals surface area (Å²) in [4.78, 5) is 24.3. The Kier molecular flexibility index (Phi) is 6.43. The number of amides is 1. The number of carbonyl (C=O) groups is 1. The molecule has 1 unspecified atom stereocenters. The van der Waals surface area contributed by atoms with E-state index in [2.05, 4.69) is 5.32 Å². The van der Waals surface area contributed by atoms with Crippen LogP contribution in [0.2, 0.25) is 0 Å². The van der Waals surface area contributed by atoms with Crippen LogP contribution in [-0.2, 0) is 11.2 Å². The van der Waals surface area contributed by atoms with Gasteiger partial charge in [-0.05, 0) is 18.1 Å². The molecule has 0 fully saturated rings. The molecule has 2 N–H and O–H groups in total. The van der Waals surface area contributed by atoms with Gasteiger partial charge in [0.1, 0.15) is 5.75 Å². The topological polar surface area (TPSA) is 113 Å². The summed E-state index contributed by atoms with van der Waals surface area (Å²) in [6.45, 7) is 1.39. The molecule has 31 heavy (non-hydrogen) atoms. The molecule has 0 spiro atoms. The predicted molar refractivity (Wildman–Crippen MR) is 113 cm³/mol. The van der Waals surface area contributed by atoms with Crippen LogP contribution in [0.1, 0.15) is 18.9 Å². The summed E-state index contributed by atoms with van der Waals surface area (Å²) in [6, 6.07) is 4.45. The fourth-order valence-corrected chi connectivity index (χ4v) is 3.63. The molecule has 0 aliphatic carbocycles. The van der Waals surface area contributed by atoms with Crippen LogP contribution in [0.5, 0.6) is 34.5 Å². The van der Waals surface area contributed by atoms with Crippen LogP contribution >= 0.6 is 0 Å². The van der Waals surface area contributed by atoms with Gasteiger partial charge in [0.05, 0.1) is 28.4 Å². The Morgan fingerprint density at radius 2 is 1.71 bits per heavy atom. The monoisotopic (exact) mass is 431 g/mol. The molecule has 0 radical (unpaired) electrons. The van der Waals surface area contributed by atoms with E-state index in [1.54, 1.807) is 6.07 Å². The summed E-state index contributed by atoms with van der Waals surface area (Å²) in [6.07, 6.45) is 0.238. The van der Waals surface area contributed by atoms with E-state index in [0.29, 0.717) is 41.2 Å². The molecule has 0 saturated heterocycles. The number of hydrogen-bond acceptors (Lipinski definition) is 8. The Bertz CT molecular complexity index is 1070. The lowest BCUT2D eigenvalue weighted by Gasteiger charge is -2.27. The van der Waals surface area contributed by atoms with E-state index in [4.69, 9.17) is 23.7 Å². The highest BCUT2D eigenvalue weighted by molar-refractivity contribution is 5.84. The second kappa shape index (κ2) is 9.03. The molecule has 1 aliphatic heterocycles. The van der Waals surface area contributed by atoms with Crippen LogP contribution in [0, 0.1) is 0 Å². The van der Waals surface area contributed by atoms with Crippen molar-refractivity contribution in [2.75, 3.05) is 28.4 Å². The van der Waals surface area contributed by atoms with E-state index in [1.807, 2.05) is 0 Å². The van der Waals surface area contributed by atoms with E-state index in [1.165, 1.54) is 47.5 Å². The number of aromatic hydroxyl groups is 1. The normalized spacial score (nSPS) is 14.7. The van der Waals surface area contributed by atoms with Crippen molar-refractivity contribution >= 4 is 5.91 Å². The Hall–Kier alpha value is -3.62. The first-order valence-electron chi connectivity index (χ1n) is 9.55. The number of hydrogen-bond donors (Lipinski definition) is 2. The molecule has 0 bridgehead atoms. The highest BCUT2D eigenvalue weighted by Gasteiger charge is 2.28. The molecule has 1 amide bonds. The van der Waals surface area contributed by atoms with Gasteiger partial charge in [0.25, 0.3) is 0 Å². The van der Waals surface area contributed by atoms with Gasteiger partial charge in [0.15, 0.2) is 23.5 Å². The largest absolute Gasteiger partial charge is 0.502 e. The van der Waals surface area contributed by atoms with Crippen molar-refractivity contribution in [2.24, 2.45) is 0 Å². The van der Waals surface area contributed by atoms with Crippen molar-refractivity contribution in [3.8, 4) is 45.6 Å². The molecule has 1 heterocycles. The average molecular weight is 431 g/mol. The fraction of sp³-hybridized carbons (Fsp3) is 0.364. The Balaban J connectivity index is 2.42. The molecule has 2 aromatic rings. The minimum atomic E-state index is -0.673. The zero-order chi connectivity index (χ0) is 22.7. The van der Waals surface area contributed by atoms with Crippen LogP contribution in [0.4, 0.5) is 0 Å². The maximum Gasteiger partial charge on any atom is 0.224 e. The van der Waals surface area contributed by atoms with Gasteiger partial charge in [-0.15, -0.1) is 0 Å². The van der Waals surface area contributed by atoms with Gasteiger partial charge in [0, 0.05) is 36.6 Å². The number of rotatable bonds is 5. The summed E-state index contributed by atoms with van der Waals surface area (Å²) >= 11 is 0. The summed E-state index contributed by atoms with van der Waals surface area (Å²) in [7, 11) is 5.81. The van der Waals surface area contributed by atoms with Crippen molar-refractivity contribution in [1.82, 2.24) is 5.32 Å². The Morgan fingerprint density at radius 3 is 2.29 bits per heavy atom. The van der Waals surface area contributed by atoms with Gasteiger partial charge in [-0.1, -0.05) is 0 Å². The lowest BCUT2D eigenvalue weighted by molar-refractivity contribution is -0.121. The molecule has 2 aromatic carbocycles. The third-order valence-corrected chi connectivity index (χ3v) is 4.98. The quantitative estimate of drug-likeness (QED) is 0.741. The average Bonchev–Trinajstić information content (AvgIpc) is 2.85. The molecular weight excluding hydrogens is 406 g/mol. The molecule has 9 heteroatoms. The number of fused-ring (bicyclic) bond motifs is 3. The minimum absolute atomic E-state index is 0.0607. The number of methoxy groups -OCH3 is 4. The first-order valence-corrected chi connectivity index (χ1v) is 9.55. The number of ether oxygens (including phenoxy) is 5. The third-order valence-electron chi connectivity index (χ3n) is 4.98. The second-order valence-electron chi connectivity index (χ2n) is 6.87. The molecule has 3 rings (SSSR count). The van der Waals surface area contributed by atoms with Crippen molar-refractivity contribution < 1.29 is 33.6 Å². The summed E-state index contributed by atoms with van der Waals surface area (Å²) in [5.74, 6) is 0.494. The van der Waals surface area contributed by atoms with Crippen LogP contribution in [0.3, 0.4) is 0 Å². The fourth-order valence-electron chi connectivity index (χ4n) is 3.63. The predicted octanol–water partition coefficient (Wildman–Crippen LogP) is 2.24. The van der Waals surface area contributed by atoms with Crippen molar-refractivity contribution in [2.45, 2.75) is 26.0 Å². The van der Waals surface area contributed by atoms with E-state index in [0.717, 1.165) is 5.56 Å². The van der Waals surface area contributed by atoms with Gasteiger partial charge in [-0.3, -0.25) is 9.59 Å². The Labute approximate surface area is 179 Å². The van der Waals surface area contributed by atoms with Gasteiger partial charge >= 0.3 is 0 Å². The van der Waals surface area contributed by atoms with Crippen molar-refractivity contribution in [1.29, 1.82) is 0 Å². The number of carbonyl (C=O) groups excluding carboxylic acids is 1. The smallest absolute Gasteiger partial charge is 0.224 e. The van der Waals surface area contributed by atoms with Crippen molar-refractivity contribution in [3.05, 3.63) is 34.0 Å². The lowest BCUT2D eigenvalue weighted by Crippen LogP contribution is -2.38. The van der Waals surface area contributed by atoms with Gasteiger partial charge in [0.2, 0.25) is 22.8 Å². The van der Waals surface area contributed by atoms with Gasteiger partial charge in [-0.25, -0.2) is 0 Å². The Morgan fingerprint density at radius 1 is 1.03 bits per heavy atom. The zero-order valence-corrected chi connectivity index (χ0v) is 18.0. The van der Waals surface area contributed by atoms with E-state index >= 15 is 0 Å². The molecular formula is C22H25NO8. The first kappa shape index (κ1) is 22.1. The first-order chi connectivity index (χ1) is 14.8. The van der Waals surface area contributed by atoms with Gasteiger partial charge < -0.3 is 34.1 Å². The van der Waals surface area contributed by atoms with E-state index < -0.39 is 17.4 Å². The van der Waals surface area contributed by atoms with E-state index in [9.17, 15) is 14.7 Å².